The van der Waals surface area contributed by atoms with E-state index in [0.717, 1.165) is 0 Å². The SMILES string of the molecule is Cl.NCCC1=CC(=O)NC1=O. The lowest BCUT2D eigenvalue weighted by atomic mass is 10.2. The van der Waals surface area contributed by atoms with Gasteiger partial charge >= 0.3 is 0 Å². The lowest BCUT2D eigenvalue weighted by Gasteiger charge is -1.93. The first-order chi connectivity index (χ1) is 4.74. The summed E-state index contributed by atoms with van der Waals surface area (Å²) in [5, 5.41) is 2.13. The summed E-state index contributed by atoms with van der Waals surface area (Å²) in [5.74, 6) is -0.649. The van der Waals surface area contributed by atoms with E-state index in [1.54, 1.807) is 0 Å². The second kappa shape index (κ2) is 4.10. The third-order valence-corrected chi connectivity index (χ3v) is 1.25. The predicted octanol–water partition coefficient (Wildman–Crippen LogP) is -0.660. The molecule has 1 rings (SSSR count). The highest BCUT2D eigenvalue weighted by Crippen LogP contribution is 2.04. The zero-order chi connectivity index (χ0) is 7.56. The van der Waals surface area contributed by atoms with Crippen LogP contribution < -0.4 is 11.1 Å². The molecule has 0 radical (unpaired) electrons. The number of nitrogens with one attached hydrogen (secondary N) is 1. The van der Waals surface area contributed by atoms with Crippen LogP contribution in [0.5, 0.6) is 0 Å². The van der Waals surface area contributed by atoms with Crippen LogP contribution in [0, 0.1) is 0 Å². The lowest BCUT2D eigenvalue weighted by Crippen LogP contribution is -2.22. The van der Waals surface area contributed by atoms with Gasteiger partial charge in [-0.25, -0.2) is 0 Å². The molecule has 0 saturated heterocycles. The number of rotatable bonds is 2. The minimum atomic E-state index is -0.339. The van der Waals surface area contributed by atoms with Crippen molar-refractivity contribution < 1.29 is 9.59 Å². The maximum absolute atomic E-state index is 10.7. The van der Waals surface area contributed by atoms with E-state index in [4.69, 9.17) is 5.73 Å². The minimum absolute atomic E-state index is 0. The quantitative estimate of drug-likeness (QED) is 0.549. The number of amides is 2. The third-order valence-electron chi connectivity index (χ3n) is 1.25. The Hall–Kier alpha value is -0.870. The Morgan fingerprint density at radius 2 is 2.09 bits per heavy atom. The van der Waals surface area contributed by atoms with Crippen LogP contribution in [-0.2, 0) is 9.59 Å². The van der Waals surface area contributed by atoms with Gasteiger partial charge in [0.1, 0.15) is 0 Å². The van der Waals surface area contributed by atoms with Gasteiger partial charge in [-0.15, -0.1) is 12.4 Å². The number of imide groups is 1. The summed E-state index contributed by atoms with van der Waals surface area (Å²) in [5.41, 5.74) is 5.66. The molecule has 0 aliphatic carbocycles. The normalized spacial score (nSPS) is 15.5. The first kappa shape index (κ1) is 10.1. The average molecular weight is 177 g/mol. The summed E-state index contributed by atoms with van der Waals surface area (Å²) in [6, 6.07) is 0. The zero-order valence-corrected chi connectivity index (χ0v) is 6.61. The number of carbonyl (C=O) groups is 2. The molecule has 1 heterocycles. The van der Waals surface area contributed by atoms with E-state index in [1.807, 2.05) is 0 Å². The number of nitrogens with two attached hydrogens (primary N) is 1. The molecule has 4 nitrogen and oxygen atoms in total. The van der Waals surface area contributed by atoms with Crippen LogP contribution in [0.4, 0.5) is 0 Å². The molecule has 0 aromatic rings. The van der Waals surface area contributed by atoms with Crippen molar-refractivity contribution in [2.75, 3.05) is 6.54 Å². The first-order valence-electron chi connectivity index (χ1n) is 3.00. The van der Waals surface area contributed by atoms with Crippen molar-refractivity contribution in [3.63, 3.8) is 0 Å². The number of carbonyl (C=O) groups excluding carboxylic acids is 2. The Morgan fingerprint density at radius 1 is 1.45 bits per heavy atom. The predicted molar refractivity (Wildman–Crippen MR) is 42.2 cm³/mol. The Kier molecular flexibility index (Phi) is 3.78. The van der Waals surface area contributed by atoms with E-state index in [2.05, 4.69) is 5.32 Å². The second-order valence-corrected chi connectivity index (χ2v) is 2.03. The Bertz CT molecular complexity index is 213. The molecule has 62 valence electrons. The first-order valence-corrected chi connectivity index (χ1v) is 3.00. The van der Waals surface area contributed by atoms with Crippen LogP contribution in [0.2, 0.25) is 0 Å². The van der Waals surface area contributed by atoms with Crippen LogP contribution in [0.1, 0.15) is 6.42 Å². The molecule has 1 aliphatic rings. The van der Waals surface area contributed by atoms with E-state index in [1.165, 1.54) is 6.08 Å². The fourth-order valence-electron chi connectivity index (χ4n) is 0.793. The molecule has 0 fully saturated rings. The van der Waals surface area contributed by atoms with Crippen molar-refractivity contribution in [1.82, 2.24) is 5.32 Å². The largest absolute Gasteiger partial charge is 0.330 e. The summed E-state index contributed by atoms with van der Waals surface area (Å²) in [4.78, 5) is 21.2. The molecule has 0 aromatic heterocycles. The Labute approximate surface area is 70.2 Å². The molecule has 0 saturated carbocycles. The number of hydrogen-bond acceptors (Lipinski definition) is 3. The lowest BCUT2D eigenvalue weighted by molar-refractivity contribution is -0.123. The molecular weight excluding hydrogens is 168 g/mol. The van der Waals surface area contributed by atoms with E-state index in [0.29, 0.717) is 18.5 Å². The van der Waals surface area contributed by atoms with E-state index < -0.39 is 0 Å². The highest BCUT2D eigenvalue weighted by molar-refractivity contribution is 6.16. The highest BCUT2D eigenvalue weighted by atomic mass is 35.5. The molecule has 0 unspecified atom stereocenters. The summed E-state index contributed by atoms with van der Waals surface area (Å²) in [6.45, 7) is 0.395. The van der Waals surface area contributed by atoms with Gasteiger partial charge in [0.05, 0.1) is 0 Å². The van der Waals surface area contributed by atoms with E-state index >= 15 is 0 Å². The number of hydrogen-bond donors (Lipinski definition) is 2. The van der Waals surface area contributed by atoms with Crippen molar-refractivity contribution >= 4 is 24.2 Å². The molecule has 0 aromatic carbocycles. The van der Waals surface area contributed by atoms with Crippen molar-refractivity contribution in [1.29, 1.82) is 0 Å². The van der Waals surface area contributed by atoms with Crippen LogP contribution in [-0.4, -0.2) is 18.4 Å². The third kappa shape index (κ3) is 2.32. The van der Waals surface area contributed by atoms with Gasteiger partial charge in [0.15, 0.2) is 0 Å². The van der Waals surface area contributed by atoms with Crippen molar-refractivity contribution in [3.05, 3.63) is 11.6 Å². The van der Waals surface area contributed by atoms with Gasteiger partial charge in [0.2, 0.25) is 0 Å². The minimum Gasteiger partial charge on any atom is -0.330 e. The average Bonchev–Trinajstić information content (AvgIpc) is 2.13. The zero-order valence-electron chi connectivity index (χ0n) is 5.79. The standard InChI is InChI=1S/C6H8N2O2.ClH/c7-2-1-4-3-5(9)8-6(4)10;/h3H,1-2,7H2,(H,8,9,10);1H. The van der Waals surface area contributed by atoms with Crippen molar-refractivity contribution in [2.45, 2.75) is 6.42 Å². The van der Waals surface area contributed by atoms with Crippen molar-refractivity contribution in [3.8, 4) is 0 Å². The van der Waals surface area contributed by atoms with Crippen molar-refractivity contribution in [2.24, 2.45) is 5.73 Å². The molecule has 2 amide bonds. The summed E-state index contributed by atoms with van der Waals surface area (Å²) in [7, 11) is 0. The van der Waals surface area contributed by atoms with Gasteiger partial charge in [-0.3, -0.25) is 14.9 Å². The van der Waals surface area contributed by atoms with Gasteiger partial charge in [0, 0.05) is 11.6 Å². The Morgan fingerprint density at radius 3 is 2.45 bits per heavy atom. The monoisotopic (exact) mass is 176 g/mol. The molecule has 3 N–H and O–H groups in total. The van der Waals surface area contributed by atoms with Gasteiger partial charge in [-0.2, -0.15) is 0 Å². The molecule has 0 atom stereocenters. The maximum Gasteiger partial charge on any atom is 0.254 e. The summed E-state index contributed by atoms with van der Waals surface area (Å²) < 4.78 is 0. The van der Waals surface area contributed by atoms with Gasteiger partial charge in [-0.05, 0) is 13.0 Å². The van der Waals surface area contributed by atoms with Crippen LogP contribution >= 0.6 is 12.4 Å². The Balaban J connectivity index is 0.000001000. The molecule has 1 aliphatic heterocycles. The van der Waals surface area contributed by atoms with E-state index in [9.17, 15) is 9.59 Å². The molecule has 0 spiro atoms. The topological polar surface area (TPSA) is 72.2 Å². The molecule has 11 heavy (non-hydrogen) atoms. The fourth-order valence-corrected chi connectivity index (χ4v) is 0.793. The van der Waals surface area contributed by atoms with E-state index in [-0.39, 0.29) is 24.2 Å². The summed E-state index contributed by atoms with van der Waals surface area (Å²) in [6.07, 6.45) is 1.76. The molecule has 5 heteroatoms. The second-order valence-electron chi connectivity index (χ2n) is 2.03. The fraction of sp³-hybridized carbons (Fsp3) is 0.333. The van der Waals surface area contributed by atoms with Crippen LogP contribution in [0.15, 0.2) is 11.6 Å². The smallest absolute Gasteiger partial charge is 0.254 e. The van der Waals surface area contributed by atoms with Gasteiger partial charge in [0.25, 0.3) is 11.8 Å². The number of halogens is 1. The maximum atomic E-state index is 10.7. The van der Waals surface area contributed by atoms with Gasteiger partial charge in [-0.1, -0.05) is 0 Å². The van der Waals surface area contributed by atoms with Crippen LogP contribution in [0.25, 0.3) is 0 Å². The molecule has 0 bridgehead atoms. The summed E-state index contributed by atoms with van der Waals surface area (Å²) >= 11 is 0. The molecular formula is C6H9ClN2O2. The van der Waals surface area contributed by atoms with Gasteiger partial charge < -0.3 is 5.73 Å². The van der Waals surface area contributed by atoms with Crippen LogP contribution in [0.3, 0.4) is 0 Å². The highest BCUT2D eigenvalue weighted by Gasteiger charge is 2.18.